The predicted octanol–water partition coefficient (Wildman–Crippen LogP) is 4.07. The molecule has 0 saturated carbocycles. The zero-order valence-electron chi connectivity index (χ0n) is 10.2. The standard InChI is InChI=1S/C14H18BrNO/c1-3-5-6-10(4-2)14(16)12-9-11(15)7-8-13(12)17/h4-9,14,17H,3,16H2,1-2H3/b6-5-,10-4+. The lowest BCUT2D eigenvalue weighted by Crippen LogP contribution is -2.12. The average molecular weight is 296 g/mol. The third kappa shape index (κ3) is 3.72. The summed E-state index contributed by atoms with van der Waals surface area (Å²) in [6, 6.07) is 4.99. The van der Waals surface area contributed by atoms with Gasteiger partial charge in [-0.25, -0.2) is 0 Å². The van der Waals surface area contributed by atoms with E-state index in [1.54, 1.807) is 12.1 Å². The van der Waals surface area contributed by atoms with Gasteiger partial charge >= 0.3 is 0 Å². The van der Waals surface area contributed by atoms with Crippen LogP contribution in [0.2, 0.25) is 0 Å². The molecule has 0 radical (unpaired) electrons. The van der Waals surface area contributed by atoms with Crippen LogP contribution in [0.25, 0.3) is 0 Å². The molecule has 0 aliphatic carbocycles. The first-order valence-corrected chi connectivity index (χ1v) is 6.46. The van der Waals surface area contributed by atoms with Crippen LogP contribution < -0.4 is 5.73 Å². The van der Waals surface area contributed by atoms with Crippen molar-refractivity contribution in [2.75, 3.05) is 0 Å². The Morgan fingerprint density at radius 3 is 2.82 bits per heavy atom. The van der Waals surface area contributed by atoms with Crippen molar-refractivity contribution < 1.29 is 5.11 Å². The minimum Gasteiger partial charge on any atom is -0.508 e. The molecule has 0 saturated heterocycles. The second-order valence-corrected chi connectivity index (χ2v) is 4.70. The van der Waals surface area contributed by atoms with Crippen molar-refractivity contribution in [3.63, 3.8) is 0 Å². The number of aromatic hydroxyl groups is 1. The summed E-state index contributed by atoms with van der Waals surface area (Å²) in [6.45, 7) is 4.02. The van der Waals surface area contributed by atoms with Crippen LogP contribution >= 0.6 is 15.9 Å². The molecule has 0 aliphatic heterocycles. The van der Waals surface area contributed by atoms with E-state index in [0.717, 1.165) is 22.0 Å². The van der Waals surface area contributed by atoms with Gasteiger partial charge in [0.2, 0.25) is 0 Å². The number of nitrogens with two attached hydrogens (primary N) is 1. The van der Waals surface area contributed by atoms with E-state index in [0.29, 0.717) is 0 Å². The molecule has 0 aliphatic rings. The van der Waals surface area contributed by atoms with E-state index in [1.165, 1.54) is 0 Å². The van der Waals surface area contributed by atoms with Gasteiger partial charge in [-0.2, -0.15) is 0 Å². The molecular weight excluding hydrogens is 278 g/mol. The zero-order chi connectivity index (χ0) is 12.8. The van der Waals surface area contributed by atoms with Crippen LogP contribution in [0.15, 0.2) is 46.5 Å². The van der Waals surface area contributed by atoms with Crippen LogP contribution in [-0.2, 0) is 0 Å². The van der Waals surface area contributed by atoms with Crippen molar-refractivity contribution >= 4 is 15.9 Å². The lowest BCUT2D eigenvalue weighted by Gasteiger charge is -2.15. The monoisotopic (exact) mass is 295 g/mol. The summed E-state index contributed by atoms with van der Waals surface area (Å²) in [6.07, 6.45) is 7.00. The topological polar surface area (TPSA) is 46.2 Å². The van der Waals surface area contributed by atoms with Crippen molar-refractivity contribution in [1.82, 2.24) is 0 Å². The summed E-state index contributed by atoms with van der Waals surface area (Å²) in [5.74, 6) is 0.227. The van der Waals surface area contributed by atoms with E-state index in [1.807, 2.05) is 25.1 Å². The third-order valence-corrected chi connectivity index (χ3v) is 3.06. The number of phenolic OH excluding ortho intramolecular Hbond substituents is 1. The quantitative estimate of drug-likeness (QED) is 0.823. The summed E-state index contributed by atoms with van der Waals surface area (Å²) >= 11 is 3.38. The van der Waals surface area contributed by atoms with Crippen molar-refractivity contribution in [2.45, 2.75) is 26.3 Å². The second-order valence-electron chi connectivity index (χ2n) is 3.78. The normalized spacial score (nSPS) is 14.2. The maximum atomic E-state index is 9.82. The van der Waals surface area contributed by atoms with Gasteiger partial charge in [-0.15, -0.1) is 0 Å². The van der Waals surface area contributed by atoms with Gasteiger partial charge in [-0.3, -0.25) is 0 Å². The number of hydrogen-bond donors (Lipinski definition) is 2. The first-order valence-electron chi connectivity index (χ1n) is 5.66. The van der Waals surface area contributed by atoms with Gasteiger partial charge in [0.15, 0.2) is 0 Å². The lowest BCUT2D eigenvalue weighted by molar-refractivity contribution is 0.465. The Balaban J connectivity index is 3.06. The highest BCUT2D eigenvalue weighted by Crippen LogP contribution is 2.30. The summed E-state index contributed by atoms with van der Waals surface area (Å²) in [7, 11) is 0. The Labute approximate surface area is 111 Å². The largest absolute Gasteiger partial charge is 0.508 e. The van der Waals surface area contributed by atoms with Crippen LogP contribution in [0.1, 0.15) is 31.9 Å². The molecule has 0 heterocycles. The van der Waals surface area contributed by atoms with Crippen LogP contribution in [0.4, 0.5) is 0 Å². The Kier molecular flexibility index (Phi) is 5.45. The first-order chi connectivity index (χ1) is 8.10. The van der Waals surface area contributed by atoms with E-state index in [2.05, 4.69) is 28.9 Å². The molecule has 0 spiro atoms. The molecule has 3 N–H and O–H groups in total. The molecular formula is C14H18BrNO. The van der Waals surface area contributed by atoms with Gasteiger partial charge in [-0.05, 0) is 37.1 Å². The molecule has 0 bridgehead atoms. The van der Waals surface area contributed by atoms with Crippen molar-refractivity contribution in [2.24, 2.45) is 5.73 Å². The Morgan fingerprint density at radius 2 is 2.24 bits per heavy atom. The van der Waals surface area contributed by atoms with Gasteiger partial charge in [0.1, 0.15) is 5.75 Å². The van der Waals surface area contributed by atoms with Gasteiger partial charge in [0, 0.05) is 10.0 Å². The number of phenols is 1. The molecule has 1 aromatic carbocycles. The minimum atomic E-state index is -0.305. The second kappa shape index (κ2) is 6.62. The molecule has 1 atom stereocenters. The Hall–Kier alpha value is -1.06. The van der Waals surface area contributed by atoms with E-state index in [-0.39, 0.29) is 11.8 Å². The molecule has 92 valence electrons. The summed E-state index contributed by atoms with van der Waals surface area (Å²) in [5, 5.41) is 9.82. The molecule has 0 aromatic heterocycles. The molecule has 0 fully saturated rings. The van der Waals surface area contributed by atoms with Gasteiger partial charge in [-0.1, -0.05) is 41.1 Å². The smallest absolute Gasteiger partial charge is 0.120 e. The maximum absolute atomic E-state index is 9.82. The molecule has 1 unspecified atom stereocenters. The molecule has 17 heavy (non-hydrogen) atoms. The fraction of sp³-hybridized carbons (Fsp3) is 0.286. The minimum absolute atomic E-state index is 0.227. The van der Waals surface area contributed by atoms with Crippen molar-refractivity contribution in [3.05, 3.63) is 52.0 Å². The van der Waals surface area contributed by atoms with Crippen LogP contribution in [0, 0.1) is 0 Å². The predicted molar refractivity (Wildman–Crippen MR) is 75.9 cm³/mol. The number of benzene rings is 1. The average Bonchev–Trinajstić information content (AvgIpc) is 2.33. The molecule has 0 amide bonds. The fourth-order valence-corrected chi connectivity index (χ4v) is 1.97. The highest BCUT2D eigenvalue weighted by Gasteiger charge is 2.13. The fourth-order valence-electron chi connectivity index (χ4n) is 1.59. The van der Waals surface area contributed by atoms with Gasteiger partial charge in [0.05, 0.1) is 6.04 Å². The molecule has 3 heteroatoms. The van der Waals surface area contributed by atoms with Gasteiger partial charge < -0.3 is 10.8 Å². The van der Waals surface area contributed by atoms with Crippen molar-refractivity contribution in [1.29, 1.82) is 0 Å². The molecule has 1 aromatic rings. The first kappa shape index (κ1) is 14.0. The highest BCUT2D eigenvalue weighted by molar-refractivity contribution is 9.10. The number of rotatable bonds is 4. The number of halogens is 1. The lowest BCUT2D eigenvalue weighted by atomic mass is 9.98. The number of hydrogen-bond acceptors (Lipinski definition) is 2. The van der Waals surface area contributed by atoms with E-state index >= 15 is 0 Å². The van der Waals surface area contributed by atoms with Crippen LogP contribution in [0.5, 0.6) is 5.75 Å². The summed E-state index contributed by atoms with van der Waals surface area (Å²) < 4.78 is 0.913. The zero-order valence-corrected chi connectivity index (χ0v) is 11.7. The van der Waals surface area contributed by atoms with Crippen LogP contribution in [0.3, 0.4) is 0 Å². The van der Waals surface area contributed by atoms with Crippen molar-refractivity contribution in [3.8, 4) is 5.75 Å². The van der Waals surface area contributed by atoms with Gasteiger partial charge in [0.25, 0.3) is 0 Å². The van der Waals surface area contributed by atoms with E-state index < -0.39 is 0 Å². The Morgan fingerprint density at radius 1 is 1.53 bits per heavy atom. The molecule has 1 rings (SSSR count). The maximum Gasteiger partial charge on any atom is 0.120 e. The van der Waals surface area contributed by atoms with E-state index in [4.69, 9.17) is 5.73 Å². The number of allylic oxidation sites excluding steroid dienone is 2. The van der Waals surface area contributed by atoms with E-state index in [9.17, 15) is 5.11 Å². The SMILES string of the molecule is C/C=C(\C=C/CC)C(N)c1cc(Br)ccc1O. The summed E-state index contributed by atoms with van der Waals surface area (Å²) in [4.78, 5) is 0. The summed E-state index contributed by atoms with van der Waals surface area (Å²) in [5.41, 5.74) is 7.89. The van der Waals surface area contributed by atoms with Crippen LogP contribution in [-0.4, -0.2) is 5.11 Å². The molecule has 2 nitrogen and oxygen atoms in total. The highest BCUT2D eigenvalue weighted by atomic mass is 79.9. The Bertz CT molecular complexity index is 438. The third-order valence-electron chi connectivity index (χ3n) is 2.56.